The molecule has 132 valence electrons. The number of nitrogens with one attached hydrogen (secondary N) is 2. The molecule has 0 saturated carbocycles. The second-order valence-corrected chi connectivity index (χ2v) is 6.24. The molecule has 8 heteroatoms. The van der Waals surface area contributed by atoms with E-state index >= 15 is 0 Å². The minimum Gasteiger partial charge on any atom is -0.494 e. The highest BCUT2D eigenvalue weighted by Crippen LogP contribution is 2.33. The number of aromatic amines is 2. The molecule has 0 amide bonds. The number of aromatic nitrogens is 2. The van der Waals surface area contributed by atoms with Crippen molar-refractivity contribution in [1.29, 1.82) is 0 Å². The topological polar surface area (TPSA) is 115 Å². The van der Waals surface area contributed by atoms with Gasteiger partial charge in [-0.15, -0.1) is 0 Å². The van der Waals surface area contributed by atoms with Gasteiger partial charge in [0.1, 0.15) is 5.56 Å². The van der Waals surface area contributed by atoms with E-state index in [1.807, 2.05) is 0 Å². The molecule has 0 spiro atoms. The second kappa shape index (κ2) is 6.26. The highest BCUT2D eigenvalue weighted by Gasteiger charge is 2.31. The smallest absolute Gasteiger partial charge is 0.264 e. The quantitative estimate of drug-likeness (QED) is 0.367. The Morgan fingerprint density at radius 2 is 1.56 bits per heavy atom. The van der Waals surface area contributed by atoms with E-state index in [0.29, 0.717) is 11.1 Å². The number of benzene rings is 2. The Labute approximate surface area is 157 Å². The second-order valence-electron chi connectivity index (χ2n) is 5.83. The zero-order chi connectivity index (χ0) is 19.1. The summed E-state index contributed by atoms with van der Waals surface area (Å²) >= 11 is 4.77. The Hall–Kier alpha value is -3.65. The SMILES string of the molecule is O=C1c2ccccc2C(=O)c2c(N=Cc3c(O)[nH]c(=S)[nH]c3=O)cccc21. The van der Waals surface area contributed by atoms with Crippen molar-refractivity contribution in [3.8, 4) is 5.88 Å². The lowest BCUT2D eigenvalue weighted by molar-refractivity contribution is 0.0979. The highest BCUT2D eigenvalue weighted by atomic mass is 32.1. The number of H-pyrrole nitrogens is 2. The number of aromatic hydroxyl groups is 1. The molecule has 1 heterocycles. The molecule has 3 N–H and O–H groups in total. The Kier molecular flexibility index (Phi) is 3.89. The third kappa shape index (κ3) is 2.72. The summed E-state index contributed by atoms with van der Waals surface area (Å²) < 4.78 is -0.0240. The van der Waals surface area contributed by atoms with E-state index in [1.165, 1.54) is 0 Å². The number of hydrogen-bond acceptors (Lipinski definition) is 6. The summed E-state index contributed by atoms with van der Waals surface area (Å²) in [5.41, 5.74) is 0.523. The molecule has 2 aromatic carbocycles. The maximum atomic E-state index is 12.9. The van der Waals surface area contributed by atoms with E-state index in [-0.39, 0.29) is 38.7 Å². The van der Waals surface area contributed by atoms with Crippen LogP contribution >= 0.6 is 12.2 Å². The van der Waals surface area contributed by atoms with Crippen LogP contribution in [0.25, 0.3) is 0 Å². The van der Waals surface area contributed by atoms with E-state index in [2.05, 4.69) is 15.0 Å². The van der Waals surface area contributed by atoms with Crippen LogP contribution in [0.1, 0.15) is 37.4 Å². The summed E-state index contributed by atoms with van der Waals surface area (Å²) in [6.45, 7) is 0. The summed E-state index contributed by atoms with van der Waals surface area (Å²) in [5, 5.41) is 9.86. The molecule has 0 radical (unpaired) electrons. The molecule has 0 fully saturated rings. The zero-order valence-electron chi connectivity index (χ0n) is 13.6. The van der Waals surface area contributed by atoms with Crippen LogP contribution in [0, 0.1) is 4.77 Å². The largest absolute Gasteiger partial charge is 0.494 e. The number of rotatable bonds is 2. The van der Waals surface area contributed by atoms with Crippen LogP contribution in [-0.4, -0.2) is 32.9 Å². The maximum Gasteiger partial charge on any atom is 0.264 e. The standard InChI is InChI=1S/C19H11N3O4S/c23-15-9-4-1-2-5-10(9)16(24)14-11(15)6-3-7-13(14)20-8-12-17(25)21-19(27)22-18(12)26/h1-8H,(H3,21,22,25,26,27). The number of fused-ring (bicyclic) bond motifs is 2. The highest BCUT2D eigenvalue weighted by molar-refractivity contribution is 7.71. The van der Waals surface area contributed by atoms with Crippen LogP contribution in [0.15, 0.2) is 52.3 Å². The lowest BCUT2D eigenvalue weighted by Gasteiger charge is -2.18. The Balaban J connectivity index is 1.86. The summed E-state index contributed by atoms with van der Waals surface area (Å²) in [4.78, 5) is 46.5. The third-order valence-corrected chi connectivity index (χ3v) is 4.43. The van der Waals surface area contributed by atoms with Gasteiger partial charge in [-0.2, -0.15) is 0 Å². The van der Waals surface area contributed by atoms with Crippen molar-refractivity contribution in [3.05, 3.63) is 85.4 Å². The van der Waals surface area contributed by atoms with Gasteiger partial charge in [0.2, 0.25) is 5.88 Å². The first-order valence-electron chi connectivity index (χ1n) is 7.88. The van der Waals surface area contributed by atoms with Gasteiger partial charge < -0.3 is 10.1 Å². The fraction of sp³-hybridized carbons (Fsp3) is 0. The number of aliphatic imine (C=N–C) groups is 1. The lowest BCUT2D eigenvalue weighted by atomic mass is 9.83. The average molecular weight is 377 g/mol. The first-order valence-corrected chi connectivity index (χ1v) is 8.29. The predicted octanol–water partition coefficient (Wildman–Crippen LogP) is 2.66. The van der Waals surface area contributed by atoms with Gasteiger partial charge in [0, 0.05) is 22.9 Å². The number of nitrogens with zero attached hydrogens (tertiary/aromatic N) is 1. The minimum atomic E-state index is -0.627. The molecular weight excluding hydrogens is 366 g/mol. The van der Waals surface area contributed by atoms with Crippen molar-refractivity contribution in [1.82, 2.24) is 9.97 Å². The first kappa shape index (κ1) is 16.8. The third-order valence-electron chi connectivity index (χ3n) is 4.22. The molecule has 1 aliphatic carbocycles. The molecule has 0 aliphatic heterocycles. The van der Waals surface area contributed by atoms with E-state index in [1.54, 1.807) is 42.5 Å². The molecule has 0 saturated heterocycles. The fourth-order valence-corrected chi connectivity index (χ4v) is 3.16. The van der Waals surface area contributed by atoms with Crippen molar-refractivity contribution in [2.75, 3.05) is 0 Å². The van der Waals surface area contributed by atoms with Crippen LogP contribution < -0.4 is 5.56 Å². The molecule has 1 aliphatic rings. The molecule has 3 aromatic rings. The van der Waals surface area contributed by atoms with Crippen LogP contribution in [0.4, 0.5) is 5.69 Å². The number of carbonyl (C=O) groups excluding carboxylic acids is 2. The van der Waals surface area contributed by atoms with Crippen molar-refractivity contribution in [3.63, 3.8) is 0 Å². The molecule has 27 heavy (non-hydrogen) atoms. The molecule has 1 aromatic heterocycles. The van der Waals surface area contributed by atoms with Gasteiger partial charge in [0.15, 0.2) is 16.3 Å². The van der Waals surface area contributed by atoms with Crippen LogP contribution in [0.2, 0.25) is 0 Å². The average Bonchev–Trinajstić information content (AvgIpc) is 2.65. The van der Waals surface area contributed by atoms with Crippen molar-refractivity contribution >= 4 is 35.7 Å². The van der Waals surface area contributed by atoms with Gasteiger partial charge in [0.05, 0.1) is 11.3 Å². The van der Waals surface area contributed by atoms with E-state index in [0.717, 1.165) is 6.21 Å². The Bertz CT molecular complexity index is 1270. The van der Waals surface area contributed by atoms with Crippen molar-refractivity contribution < 1.29 is 14.7 Å². The monoisotopic (exact) mass is 377 g/mol. The van der Waals surface area contributed by atoms with Crippen molar-refractivity contribution in [2.24, 2.45) is 4.99 Å². The van der Waals surface area contributed by atoms with E-state index < -0.39 is 11.4 Å². The summed E-state index contributed by atoms with van der Waals surface area (Å²) in [6.07, 6.45) is 1.12. The molecule has 7 nitrogen and oxygen atoms in total. The Morgan fingerprint density at radius 1 is 0.889 bits per heavy atom. The van der Waals surface area contributed by atoms with Gasteiger partial charge in [-0.3, -0.25) is 24.4 Å². The van der Waals surface area contributed by atoms with Gasteiger partial charge >= 0.3 is 0 Å². The zero-order valence-corrected chi connectivity index (χ0v) is 14.5. The normalized spacial score (nSPS) is 12.9. The van der Waals surface area contributed by atoms with E-state index in [4.69, 9.17) is 12.2 Å². The number of ketones is 2. The number of carbonyl (C=O) groups is 2. The van der Waals surface area contributed by atoms with Gasteiger partial charge in [-0.1, -0.05) is 36.4 Å². The van der Waals surface area contributed by atoms with Crippen LogP contribution in [0.5, 0.6) is 5.88 Å². The number of hydrogen-bond donors (Lipinski definition) is 3. The van der Waals surface area contributed by atoms with Gasteiger partial charge in [-0.05, 0) is 18.3 Å². The molecule has 0 unspecified atom stereocenters. The summed E-state index contributed by atoms with van der Waals surface area (Å²) in [5.74, 6) is -1.02. The van der Waals surface area contributed by atoms with Crippen LogP contribution in [0.3, 0.4) is 0 Å². The van der Waals surface area contributed by atoms with Gasteiger partial charge in [-0.25, -0.2) is 0 Å². The van der Waals surface area contributed by atoms with Crippen LogP contribution in [-0.2, 0) is 0 Å². The molecular formula is C19H11N3O4S. The molecule has 0 atom stereocenters. The minimum absolute atomic E-state index is 0.0240. The molecule has 0 bridgehead atoms. The lowest BCUT2D eigenvalue weighted by Crippen LogP contribution is -2.20. The Morgan fingerprint density at radius 3 is 2.26 bits per heavy atom. The predicted molar refractivity (Wildman–Crippen MR) is 101 cm³/mol. The fourth-order valence-electron chi connectivity index (χ4n) is 2.97. The maximum absolute atomic E-state index is 12.9. The van der Waals surface area contributed by atoms with Crippen molar-refractivity contribution in [2.45, 2.75) is 0 Å². The first-order chi connectivity index (χ1) is 13.0. The van der Waals surface area contributed by atoms with E-state index in [9.17, 15) is 19.5 Å². The van der Waals surface area contributed by atoms with Gasteiger partial charge in [0.25, 0.3) is 5.56 Å². The summed E-state index contributed by atoms with van der Waals surface area (Å²) in [7, 11) is 0. The summed E-state index contributed by atoms with van der Waals surface area (Å²) in [6, 6.07) is 11.3. The molecule has 4 rings (SSSR count).